The first kappa shape index (κ1) is 13.7. The summed E-state index contributed by atoms with van der Waals surface area (Å²) in [5.41, 5.74) is 7.06. The summed E-state index contributed by atoms with van der Waals surface area (Å²) in [5.74, 6) is 0. The molecule has 6 nitrogen and oxygen atoms in total. The maximum Gasteiger partial charge on any atom is 0.238 e. The molecule has 1 saturated carbocycles. The zero-order valence-corrected chi connectivity index (χ0v) is 12.1. The van der Waals surface area contributed by atoms with Crippen LogP contribution in [0.4, 0.5) is 11.4 Å². The van der Waals surface area contributed by atoms with E-state index in [1.807, 2.05) is 6.07 Å². The average molecular weight is 296 g/mol. The minimum atomic E-state index is -3.72. The highest BCUT2D eigenvalue weighted by molar-refractivity contribution is 7.89. The largest absolute Gasteiger partial charge is 0.399 e. The number of benzene rings is 1. The van der Waals surface area contributed by atoms with Gasteiger partial charge >= 0.3 is 0 Å². The summed E-state index contributed by atoms with van der Waals surface area (Å²) < 4.78 is 22.9. The van der Waals surface area contributed by atoms with Crippen molar-refractivity contribution in [3.05, 3.63) is 18.2 Å². The molecule has 0 amide bonds. The molecule has 0 radical (unpaired) electrons. The van der Waals surface area contributed by atoms with Crippen molar-refractivity contribution in [3.63, 3.8) is 0 Å². The summed E-state index contributed by atoms with van der Waals surface area (Å²) in [6.07, 6.45) is 2.63. The number of piperazine rings is 1. The standard InChI is InChI=1S/C13H20N4O2S/c14-10-7-12(9-13(8-10)20(15,18)19)17-5-3-16(4-6-17)11-1-2-11/h7-9,11H,1-6,14H2,(H2,15,18,19). The van der Waals surface area contributed by atoms with Crippen LogP contribution in [0.5, 0.6) is 0 Å². The van der Waals surface area contributed by atoms with Crippen LogP contribution in [0, 0.1) is 0 Å². The molecule has 4 N–H and O–H groups in total. The molecule has 0 bridgehead atoms. The maximum atomic E-state index is 11.5. The molecule has 3 rings (SSSR count). The highest BCUT2D eigenvalue weighted by Gasteiger charge is 2.31. The molecule has 0 atom stereocenters. The van der Waals surface area contributed by atoms with Gasteiger partial charge in [-0.25, -0.2) is 13.6 Å². The van der Waals surface area contributed by atoms with E-state index in [4.69, 9.17) is 10.9 Å². The Balaban J connectivity index is 1.78. The quantitative estimate of drug-likeness (QED) is 0.777. The van der Waals surface area contributed by atoms with Crippen LogP contribution in [0.15, 0.2) is 23.1 Å². The smallest absolute Gasteiger partial charge is 0.238 e. The van der Waals surface area contributed by atoms with Gasteiger partial charge in [-0.2, -0.15) is 0 Å². The van der Waals surface area contributed by atoms with Gasteiger partial charge < -0.3 is 10.6 Å². The van der Waals surface area contributed by atoms with Gasteiger partial charge in [0, 0.05) is 43.6 Å². The Bertz CT molecular complexity index is 605. The molecule has 1 heterocycles. The van der Waals surface area contributed by atoms with E-state index in [2.05, 4.69) is 9.80 Å². The predicted octanol–water partition coefficient (Wildman–Crippen LogP) is 0.201. The Morgan fingerprint density at radius 1 is 1.05 bits per heavy atom. The van der Waals surface area contributed by atoms with E-state index in [0.29, 0.717) is 5.69 Å². The van der Waals surface area contributed by atoms with E-state index in [0.717, 1.165) is 37.9 Å². The number of nitrogens with two attached hydrogens (primary N) is 2. The van der Waals surface area contributed by atoms with Gasteiger partial charge in [0.1, 0.15) is 0 Å². The fourth-order valence-corrected chi connectivity index (χ4v) is 3.32. The molecule has 0 unspecified atom stereocenters. The third-order valence-electron chi connectivity index (χ3n) is 3.98. The van der Waals surface area contributed by atoms with E-state index >= 15 is 0 Å². The number of sulfonamides is 1. The fourth-order valence-electron chi connectivity index (χ4n) is 2.74. The number of nitrogens with zero attached hydrogens (tertiary/aromatic N) is 2. The SMILES string of the molecule is Nc1cc(N2CCN(C3CC3)CC2)cc(S(N)(=O)=O)c1. The van der Waals surface area contributed by atoms with Crippen LogP contribution in [0.25, 0.3) is 0 Å². The molecule has 110 valence electrons. The van der Waals surface area contributed by atoms with Gasteiger partial charge in [-0.1, -0.05) is 0 Å². The number of rotatable bonds is 3. The highest BCUT2D eigenvalue weighted by atomic mass is 32.2. The second-order valence-electron chi connectivity index (χ2n) is 5.56. The number of primary sulfonamides is 1. The average Bonchev–Trinajstić information content (AvgIpc) is 3.21. The van der Waals surface area contributed by atoms with Crippen molar-refractivity contribution < 1.29 is 8.42 Å². The molecule has 2 aliphatic rings. The molecule has 2 fully saturated rings. The van der Waals surface area contributed by atoms with Crippen molar-refractivity contribution >= 4 is 21.4 Å². The van der Waals surface area contributed by atoms with Crippen molar-refractivity contribution in [1.82, 2.24) is 4.90 Å². The number of hydrogen-bond donors (Lipinski definition) is 2. The molecule has 1 aliphatic carbocycles. The second-order valence-corrected chi connectivity index (χ2v) is 7.12. The van der Waals surface area contributed by atoms with Gasteiger partial charge in [-0.3, -0.25) is 4.90 Å². The van der Waals surface area contributed by atoms with Crippen LogP contribution < -0.4 is 15.8 Å². The van der Waals surface area contributed by atoms with Gasteiger partial charge in [0.15, 0.2) is 0 Å². The van der Waals surface area contributed by atoms with Gasteiger partial charge in [-0.05, 0) is 31.0 Å². The molecule has 7 heteroatoms. The lowest BCUT2D eigenvalue weighted by Gasteiger charge is -2.36. The third-order valence-corrected chi connectivity index (χ3v) is 4.88. The van der Waals surface area contributed by atoms with Gasteiger partial charge in [0.2, 0.25) is 10.0 Å². The summed E-state index contributed by atoms with van der Waals surface area (Å²) >= 11 is 0. The highest BCUT2D eigenvalue weighted by Crippen LogP contribution is 2.29. The lowest BCUT2D eigenvalue weighted by Crippen LogP contribution is -2.47. The Hall–Kier alpha value is -1.31. The zero-order chi connectivity index (χ0) is 14.3. The number of hydrogen-bond acceptors (Lipinski definition) is 5. The topological polar surface area (TPSA) is 92.7 Å². The van der Waals surface area contributed by atoms with Crippen molar-refractivity contribution in [1.29, 1.82) is 0 Å². The Labute approximate surface area is 119 Å². The minimum Gasteiger partial charge on any atom is -0.399 e. The van der Waals surface area contributed by atoms with Crippen LogP contribution in [0.3, 0.4) is 0 Å². The lowest BCUT2D eigenvalue weighted by molar-refractivity contribution is 0.248. The van der Waals surface area contributed by atoms with E-state index in [1.165, 1.54) is 18.9 Å². The molecule has 1 saturated heterocycles. The van der Waals surface area contributed by atoms with Gasteiger partial charge in [0.05, 0.1) is 4.90 Å². The monoisotopic (exact) mass is 296 g/mol. The van der Waals surface area contributed by atoms with Crippen molar-refractivity contribution in [2.75, 3.05) is 36.8 Å². The fraction of sp³-hybridized carbons (Fsp3) is 0.538. The minimum absolute atomic E-state index is 0.0807. The van der Waals surface area contributed by atoms with E-state index in [-0.39, 0.29) is 4.90 Å². The van der Waals surface area contributed by atoms with Crippen molar-refractivity contribution in [2.45, 2.75) is 23.8 Å². The van der Waals surface area contributed by atoms with E-state index in [9.17, 15) is 8.42 Å². The van der Waals surface area contributed by atoms with Crippen LogP contribution >= 0.6 is 0 Å². The van der Waals surface area contributed by atoms with Gasteiger partial charge in [0.25, 0.3) is 0 Å². The lowest BCUT2D eigenvalue weighted by atomic mass is 10.2. The van der Waals surface area contributed by atoms with E-state index < -0.39 is 10.0 Å². The molecule has 1 aromatic carbocycles. The van der Waals surface area contributed by atoms with Crippen LogP contribution in [-0.2, 0) is 10.0 Å². The summed E-state index contributed by atoms with van der Waals surface area (Å²) in [6.45, 7) is 3.82. The Morgan fingerprint density at radius 2 is 1.70 bits per heavy atom. The molecular formula is C13H20N4O2S. The number of anilines is 2. The second kappa shape index (κ2) is 4.91. The number of nitrogen functional groups attached to an aromatic ring is 1. The molecule has 20 heavy (non-hydrogen) atoms. The van der Waals surface area contributed by atoms with Crippen LogP contribution in [-0.4, -0.2) is 45.5 Å². The first-order valence-electron chi connectivity index (χ1n) is 6.86. The summed E-state index contributed by atoms with van der Waals surface area (Å²) in [6, 6.07) is 5.59. The maximum absolute atomic E-state index is 11.5. The first-order chi connectivity index (χ1) is 9.43. The molecular weight excluding hydrogens is 276 g/mol. The normalized spacial score (nSPS) is 21.1. The van der Waals surface area contributed by atoms with Crippen molar-refractivity contribution in [3.8, 4) is 0 Å². The third kappa shape index (κ3) is 2.89. The van der Waals surface area contributed by atoms with Crippen LogP contribution in [0.2, 0.25) is 0 Å². The van der Waals surface area contributed by atoms with Crippen molar-refractivity contribution in [2.24, 2.45) is 5.14 Å². The predicted molar refractivity (Wildman–Crippen MR) is 79.0 cm³/mol. The van der Waals surface area contributed by atoms with Crippen LogP contribution in [0.1, 0.15) is 12.8 Å². The summed E-state index contributed by atoms with van der Waals surface area (Å²) in [5, 5.41) is 5.18. The molecule has 1 aliphatic heterocycles. The molecule has 1 aromatic rings. The molecule has 0 spiro atoms. The summed E-state index contributed by atoms with van der Waals surface area (Å²) in [7, 11) is -3.72. The Kier molecular flexibility index (Phi) is 3.35. The van der Waals surface area contributed by atoms with Gasteiger partial charge in [-0.15, -0.1) is 0 Å². The Morgan fingerprint density at radius 3 is 2.25 bits per heavy atom. The first-order valence-corrected chi connectivity index (χ1v) is 8.40. The van der Waals surface area contributed by atoms with E-state index in [1.54, 1.807) is 6.07 Å². The zero-order valence-electron chi connectivity index (χ0n) is 11.3. The summed E-state index contributed by atoms with van der Waals surface area (Å²) in [4.78, 5) is 4.75. The molecule has 0 aromatic heterocycles.